The van der Waals surface area contributed by atoms with Gasteiger partial charge in [0.2, 0.25) is 0 Å². The van der Waals surface area contributed by atoms with Crippen LogP contribution in [0.4, 0.5) is 0 Å². The minimum Gasteiger partial charge on any atom is -0.303 e. The first-order valence-electron chi connectivity index (χ1n) is 8.36. The van der Waals surface area contributed by atoms with Crippen LogP contribution in [-0.2, 0) is 0 Å². The van der Waals surface area contributed by atoms with Gasteiger partial charge in [0.05, 0.1) is 0 Å². The lowest BCUT2D eigenvalue weighted by molar-refractivity contribution is 0.00264. The van der Waals surface area contributed by atoms with Gasteiger partial charge in [-0.3, -0.25) is 4.90 Å². The van der Waals surface area contributed by atoms with E-state index in [2.05, 4.69) is 16.7 Å². The fourth-order valence-corrected chi connectivity index (χ4v) is 4.68. The molecule has 1 saturated carbocycles. The Kier molecular flexibility index (Phi) is 4.25. The lowest BCUT2D eigenvalue weighted by Gasteiger charge is -2.49. The van der Waals surface area contributed by atoms with Crippen molar-refractivity contribution in [1.29, 1.82) is 0 Å². The van der Waals surface area contributed by atoms with Gasteiger partial charge in [-0.1, -0.05) is 19.8 Å². The summed E-state index contributed by atoms with van der Waals surface area (Å²) < 4.78 is 0. The van der Waals surface area contributed by atoms with E-state index in [-0.39, 0.29) is 0 Å². The molecule has 2 heterocycles. The number of nitrogens with zero attached hydrogens (tertiary/aromatic N) is 2. The Morgan fingerprint density at radius 2 is 1.56 bits per heavy atom. The van der Waals surface area contributed by atoms with Crippen molar-refractivity contribution in [3.8, 4) is 0 Å². The smallest absolute Gasteiger partial charge is 0.0126 e. The summed E-state index contributed by atoms with van der Waals surface area (Å²) in [5, 5.41) is 0. The molecule has 0 bridgehead atoms. The number of likely N-dealkylation sites (tertiary alicyclic amines) is 2. The zero-order valence-corrected chi connectivity index (χ0v) is 12.1. The van der Waals surface area contributed by atoms with E-state index in [0.717, 1.165) is 18.0 Å². The average Bonchev–Trinajstić information content (AvgIpc) is 2.47. The SMILES string of the molecule is CCN1CCC(N2CCC[C@@H]3CCCC[C@@H]32)CC1. The van der Waals surface area contributed by atoms with Crippen molar-refractivity contribution < 1.29 is 0 Å². The fraction of sp³-hybridized carbons (Fsp3) is 1.00. The van der Waals surface area contributed by atoms with Crippen LogP contribution in [-0.4, -0.2) is 48.1 Å². The van der Waals surface area contributed by atoms with Gasteiger partial charge in [0.25, 0.3) is 0 Å². The third-order valence-electron chi connectivity index (χ3n) is 5.76. The Morgan fingerprint density at radius 1 is 0.833 bits per heavy atom. The van der Waals surface area contributed by atoms with Gasteiger partial charge in [-0.2, -0.15) is 0 Å². The van der Waals surface area contributed by atoms with E-state index in [1.54, 1.807) is 0 Å². The van der Waals surface area contributed by atoms with E-state index in [1.807, 2.05) is 0 Å². The van der Waals surface area contributed by atoms with E-state index < -0.39 is 0 Å². The normalized spacial score (nSPS) is 36.5. The maximum atomic E-state index is 2.94. The standard InChI is InChI=1S/C16H30N2/c1-2-17-12-9-15(10-13-17)18-11-5-7-14-6-3-4-8-16(14)18/h14-16H,2-13H2,1H3/t14-,16-/m0/s1. The molecule has 18 heavy (non-hydrogen) atoms. The summed E-state index contributed by atoms with van der Waals surface area (Å²) in [6, 6.07) is 1.88. The molecule has 2 atom stereocenters. The van der Waals surface area contributed by atoms with E-state index in [1.165, 1.54) is 77.5 Å². The molecule has 0 unspecified atom stereocenters. The molecule has 3 rings (SSSR count). The summed E-state index contributed by atoms with van der Waals surface area (Å²) >= 11 is 0. The second-order valence-electron chi connectivity index (χ2n) is 6.66. The van der Waals surface area contributed by atoms with Crippen molar-refractivity contribution >= 4 is 0 Å². The third kappa shape index (κ3) is 2.60. The van der Waals surface area contributed by atoms with Gasteiger partial charge in [-0.05, 0) is 70.6 Å². The molecule has 0 radical (unpaired) electrons. The molecule has 1 aliphatic carbocycles. The van der Waals surface area contributed by atoms with Crippen molar-refractivity contribution in [2.75, 3.05) is 26.2 Å². The first-order valence-corrected chi connectivity index (χ1v) is 8.36. The van der Waals surface area contributed by atoms with Crippen molar-refractivity contribution in [2.45, 2.75) is 70.4 Å². The van der Waals surface area contributed by atoms with Crippen molar-refractivity contribution in [1.82, 2.24) is 9.80 Å². The second-order valence-corrected chi connectivity index (χ2v) is 6.66. The molecule has 2 aliphatic heterocycles. The van der Waals surface area contributed by atoms with Crippen molar-refractivity contribution in [3.05, 3.63) is 0 Å². The molecular formula is C16H30N2. The fourth-order valence-electron chi connectivity index (χ4n) is 4.68. The quantitative estimate of drug-likeness (QED) is 0.743. The molecular weight excluding hydrogens is 220 g/mol. The molecule has 2 heteroatoms. The molecule has 0 aromatic carbocycles. The molecule has 0 spiro atoms. The van der Waals surface area contributed by atoms with Crippen molar-refractivity contribution in [3.63, 3.8) is 0 Å². The number of rotatable bonds is 2. The highest BCUT2D eigenvalue weighted by molar-refractivity contribution is 4.92. The summed E-state index contributed by atoms with van der Waals surface area (Å²) in [5.74, 6) is 1.05. The van der Waals surface area contributed by atoms with Gasteiger partial charge in [-0.15, -0.1) is 0 Å². The van der Waals surface area contributed by atoms with Crippen LogP contribution in [0.15, 0.2) is 0 Å². The van der Waals surface area contributed by atoms with Gasteiger partial charge in [0.15, 0.2) is 0 Å². The highest BCUT2D eigenvalue weighted by atomic mass is 15.2. The molecule has 0 aromatic heterocycles. The Hall–Kier alpha value is -0.0800. The third-order valence-corrected chi connectivity index (χ3v) is 5.76. The number of hydrogen-bond acceptors (Lipinski definition) is 2. The van der Waals surface area contributed by atoms with Gasteiger partial charge >= 0.3 is 0 Å². The van der Waals surface area contributed by atoms with Crippen LogP contribution >= 0.6 is 0 Å². The lowest BCUT2D eigenvalue weighted by Crippen LogP contribution is -2.54. The van der Waals surface area contributed by atoms with Crippen molar-refractivity contribution in [2.24, 2.45) is 5.92 Å². The molecule has 2 saturated heterocycles. The summed E-state index contributed by atoms with van der Waals surface area (Å²) in [7, 11) is 0. The largest absolute Gasteiger partial charge is 0.303 e. The first kappa shape index (κ1) is 12.9. The topological polar surface area (TPSA) is 6.48 Å². The Balaban J connectivity index is 1.60. The van der Waals surface area contributed by atoms with Crippen LogP contribution in [0.5, 0.6) is 0 Å². The summed E-state index contributed by atoms with van der Waals surface area (Å²) in [6.07, 6.45) is 11.9. The molecule has 0 aromatic rings. The lowest BCUT2D eigenvalue weighted by atomic mass is 9.77. The van der Waals surface area contributed by atoms with Crippen LogP contribution in [0.25, 0.3) is 0 Å². The zero-order chi connectivity index (χ0) is 12.4. The summed E-state index contributed by atoms with van der Waals surface area (Å²) in [5.41, 5.74) is 0. The van der Waals surface area contributed by atoms with Crippen LogP contribution < -0.4 is 0 Å². The molecule has 3 fully saturated rings. The van der Waals surface area contributed by atoms with Gasteiger partial charge in [0, 0.05) is 12.1 Å². The minimum absolute atomic E-state index is 0.915. The maximum absolute atomic E-state index is 2.94. The summed E-state index contributed by atoms with van der Waals surface area (Å²) in [6.45, 7) is 7.64. The predicted octanol–water partition coefficient (Wildman–Crippen LogP) is 3.13. The van der Waals surface area contributed by atoms with E-state index >= 15 is 0 Å². The average molecular weight is 250 g/mol. The van der Waals surface area contributed by atoms with Gasteiger partial charge in [-0.25, -0.2) is 0 Å². The molecule has 2 nitrogen and oxygen atoms in total. The molecule has 3 aliphatic rings. The van der Waals surface area contributed by atoms with E-state index in [0.29, 0.717) is 0 Å². The first-order chi connectivity index (χ1) is 8.88. The molecule has 104 valence electrons. The monoisotopic (exact) mass is 250 g/mol. The molecule has 0 N–H and O–H groups in total. The summed E-state index contributed by atoms with van der Waals surface area (Å²) in [4.78, 5) is 5.57. The van der Waals surface area contributed by atoms with E-state index in [4.69, 9.17) is 0 Å². The number of fused-ring (bicyclic) bond motifs is 1. The van der Waals surface area contributed by atoms with Gasteiger partial charge in [0.1, 0.15) is 0 Å². The van der Waals surface area contributed by atoms with E-state index in [9.17, 15) is 0 Å². The Labute approximate surface area is 113 Å². The second kappa shape index (κ2) is 5.92. The van der Waals surface area contributed by atoms with Gasteiger partial charge < -0.3 is 4.90 Å². The highest BCUT2D eigenvalue weighted by Gasteiger charge is 2.37. The van der Waals surface area contributed by atoms with Crippen LogP contribution in [0.2, 0.25) is 0 Å². The molecule has 0 amide bonds. The van der Waals surface area contributed by atoms with Crippen LogP contribution in [0, 0.1) is 5.92 Å². The maximum Gasteiger partial charge on any atom is 0.0126 e. The minimum atomic E-state index is 0.915. The highest BCUT2D eigenvalue weighted by Crippen LogP contribution is 2.37. The Bertz CT molecular complexity index is 256. The van der Waals surface area contributed by atoms with Crippen LogP contribution in [0.3, 0.4) is 0 Å². The zero-order valence-electron chi connectivity index (χ0n) is 12.1. The predicted molar refractivity (Wildman–Crippen MR) is 76.8 cm³/mol. The number of piperidine rings is 2. The Morgan fingerprint density at radius 3 is 2.33 bits per heavy atom. The number of hydrogen-bond donors (Lipinski definition) is 0. The van der Waals surface area contributed by atoms with Crippen LogP contribution in [0.1, 0.15) is 58.3 Å².